The van der Waals surface area contributed by atoms with Crippen molar-refractivity contribution in [2.24, 2.45) is 7.05 Å². The smallest absolute Gasteiger partial charge is 0.253 e. The van der Waals surface area contributed by atoms with Crippen LogP contribution in [0.2, 0.25) is 0 Å². The Morgan fingerprint density at radius 3 is 2.40 bits per heavy atom. The van der Waals surface area contributed by atoms with Crippen molar-refractivity contribution in [3.05, 3.63) is 89.7 Å². The maximum Gasteiger partial charge on any atom is 0.253 e. The zero-order valence-electron chi connectivity index (χ0n) is 17.6. The first-order chi connectivity index (χ1) is 14.4. The molecular formula is C25H25N3OS. The quantitative estimate of drug-likeness (QED) is 0.455. The lowest BCUT2D eigenvalue weighted by Crippen LogP contribution is -2.43. The van der Waals surface area contributed by atoms with Gasteiger partial charge in [0, 0.05) is 16.8 Å². The maximum atomic E-state index is 13.4. The number of hydrogen-bond donors (Lipinski definition) is 1. The average Bonchev–Trinajstić information content (AvgIpc) is 3.06. The summed E-state index contributed by atoms with van der Waals surface area (Å²) < 4.78 is 2.05. The minimum absolute atomic E-state index is 0.0939. The summed E-state index contributed by atoms with van der Waals surface area (Å²) in [6, 6.07) is 24.1. The van der Waals surface area contributed by atoms with Crippen LogP contribution in [-0.4, -0.2) is 15.5 Å². The molecule has 0 atom stereocenters. The van der Waals surface area contributed by atoms with E-state index in [0.29, 0.717) is 5.56 Å². The Kier molecular flexibility index (Phi) is 5.39. The second kappa shape index (κ2) is 8.00. The Hall–Kier alpha value is -3.05. The molecule has 1 aromatic heterocycles. The predicted molar refractivity (Wildman–Crippen MR) is 123 cm³/mol. The molecule has 1 N–H and O–H groups in total. The third-order valence-corrected chi connectivity index (χ3v) is 6.27. The zero-order valence-corrected chi connectivity index (χ0v) is 18.5. The van der Waals surface area contributed by atoms with E-state index in [0.717, 1.165) is 32.2 Å². The van der Waals surface area contributed by atoms with Gasteiger partial charge < -0.3 is 9.88 Å². The Labute approximate surface area is 181 Å². The first-order valence-electron chi connectivity index (χ1n) is 9.94. The molecule has 0 spiro atoms. The van der Waals surface area contributed by atoms with Gasteiger partial charge >= 0.3 is 0 Å². The topological polar surface area (TPSA) is 46.9 Å². The van der Waals surface area contributed by atoms with Crippen LogP contribution in [0.3, 0.4) is 0 Å². The van der Waals surface area contributed by atoms with Gasteiger partial charge in [-0.3, -0.25) is 4.79 Å². The Morgan fingerprint density at radius 2 is 1.67 bits per heavy atom. The minimum Gasteiger partial charge on any atom is -0.340 e. The van der Waals surface area contributed by atoms with Crippen LogP contribution in [0.15, 0.2) is 82.6 Å². The number of imidazole rings is 1. The number of aromatic nitrogens is 2. The lowest BCUT2D eigenvalue weighted by atomic mass is 10.0. The molecule has 0 bridgehead atoms. The Morgan fingerprint density at radius 1 is 0.967 bits per heavy atom. The van der Waals surface area contributed by atoms with Gasteiger partial charge in [-0.15, -0.1) is 0 Å². The zero-order chi connectivity index (χ0) is 21.3. The van der Waals surface area contributed by atoms with Gasteiger partial charge in [-0.2, -0.15) is 0 Å². The van der Waals surface area contributed by atoms with E-state index in [-0.39, 0.29) is 5.91 Å². The number of rotatable bonds is 5. The van der Waals surface area contributed by atoms with E-state index in [1.165, 1.54) is 0 Å². The van der Waals surface area contributed by atoms with Crippen molar-refractivity contribution in [2.75, 3.05) is 0 Å². The number of carbonyl (C=O) groups excluding carboxylic acids is 1. The lowest BCUT2D eigenvalue weighted by molar-refractivity contribution is 0.0904. The third kappa shape index (κ3) is 3.85. The van der Waals surface area contributed by atoms with Gasteiger partial charge in [-0.05, 0) is 56.7 Å². The van der Waals surface area contributed by atoms with Crippen molar-refractivity contribution < 1.29 is 4.79 Å². The van der Waals surface area contributed by atoms with Gasteiger partial charge in [0.15, 0.2) is 0 Å². The molecule has 1 amide bonds. The van der Waals surface area contributed by atoms with Crippen molar-refractivity contribution in [2.45, 2.75) is 36.1 Å². The fourth-order valence-electron chi connectivity index (χ4n) is 3.74. The molecule has 152 valence electrons. The summed E-state index contributed by atoms with van der Waals surface area (Å²) in [7, 11) is 1.99. The molecule has 4 aromatic rings. The van der Waals surface area contributed by atoms with Gasteiger partial charge in [-0.25, -0.2) is 4.98 Å². The highest BCUT2D eigenvalue weighted by Crippen LogP contribution is 2.33. The fraction of sp³-hybridized carbons (Fsp3) is 0.200. The first-order valence-corrected chi connectivity index (χ1v) is 10.8. The van der Waals surface area contributed by atoms with Crippen LogP contribution in [0, 0.1) is 6.92 Å². The SMILES string of the molecule is Cc1cccc(Sc2ccccc2)c1C(=O)NC(C)(C)c1nc2ccccc2n1C. The van der Waals surface area contributed by atoms with Crippen LogP contribution < -0.4 is 5.32 Å². The van der Waals surface area contributed by atoms with Crippen LogP contribution in [0.25, 0.3) is 11.0 Å². The number of hydrogen-bond acceptors (Lipinski definition) is 3. The second-order valence-corrected chi connectivity index (χ2v) is 9.04. The minimum atomic E-state index is -0.637. The van der Waals surface area contributed by atoms with E-state index >= 15 is 0 Å². The van der Waals surface area contributed by atoms with Crippen LogP contribution in [0.5, 0.6) is 0 Å². The number of amides is 1. The molecule has 4 rings (SSSR count). The summed E-state index contributed by atoms with van der Waals surface area (Å²) in [5.74, 6) is 0.728. The van der Waals surface area contributed by atoms with Crippen molar-refractivity contribution in [1.29, 1.82) is 0 Å². The first kappa shape index (κ1) is 20.2. The van der Waals surface area contributed by atoms with Gasteiger partial charge in [0.25, 0.3) is 5.91 Å². The monoisotopic (exact) mass is 415 g/mol. The van der Waals surface area contributed by atoms with E-state index in [1.807, 2.05) is 93.0 Å². The number of nitrogens with zero attached hydrogens (tertiary/aromatic N) is 2. The Bertz CT molecular complexity index is 1210. The van der Waals surface area contributed by atoms with Gasteiger partial charge in [0.05, 0.1) is 22.1 Å². The van der Waals surface area contributed by atoms with E-state index in [1.54, 1.807) is 11.8 Å². The molecular weight excluding hydrogens is 390 g/mol. The summed E-state index contributed by atoms with van der Waals surface area (Å²) in [6.45, 7) is 5.97. The molecule has 30 heavy (non-hydrogen) atoms. The highest BCUT2D eigenvalue weighted by atomic mass is 32.2. The molecule has 0 radical (unpaired) electrons. The van der Waals surface area contributed by atoms with Crippen molar-refractivity contribution in [3.8, 4) is 0 Å². The summed E-state index contributed by atoms with van der Waals surface area (Å²) in [6.07, 6.45) is 0. The van der Waals surface area contributed by atoms with Crippen molar-refractivity contribution >= 4 is 28.7 Å². The molecule has 0 saturated carbocycles. The van der Waals surface area contributed by atoms with E-state index in [9.17, 15) is 4.79 Å². The van der Waals surface area contributed by atoms with Crippen LogP contribution in [0.1, 0.15) is 35.6 Å². The van der Waals surface area contributed by atoms with Gasteiger partial charge in [0.1, 0.15) is 5.82 Å². The summed E-state index contributed by atoms with van der Waals surface area (Å²) in [5, 5.41) is 3.22. The van der Waals surface area contributed by atoms with Crippen LogP contribution >= 0.6 is 11.8 Å². The molecule has 0 aliphatic heterocycles. The molecule has 5 heteroatoms. The maximum absolute atomic E-state index is 13.4. The number of aryl methyl sites for hydroxylation is 2. The van der Waals surface area contributed by atoms with Crippen LogP contribution in [-0.2, 0) is 12.6 Å². The Balaban J connectivity index is 1.67. The number of fused-ring (bicyclic) bond motifs is 1. The summed E-state index contributed by atoms with van der Waals surface area (Å²) in [5.41, 5.74) is 2.99. The largest absolute Gasteiger partial charge is 0.340 e. The predicted octanol–water partition coefficient (Wildman–Crippen LogP) is 5.70. The summed E-state index contributed by atoms with van der Waals surface area (Å²) in [4.78, 5) is 20.3. The van der Waals surface area contributed by atoms with E-state index in [2.05, 4.69) is 17.4 Å². The number of nitrogens with one attached hydrogen (secondary N) is 1. The molecule has 0 unspecified atom stereocenters. The molecule has 0 fully saturated rings. The third-order valence-electron chi connectivity index (χ3n) is 5.20. The normalized spacial score (nSPS) is 11.6. The van der Waals surface area contributed by atoms with E-state index < -0.39 is 5.54 Å². The number of para-hydroxylation sites is 2. The molecule has 1 heterocycles. The highest BCUT2D eigenvalue weighted by molar-refractivity contribution is 7.99. The number of carbonyl (C=O) groups is 1. The summed E-state index contributed by atoms with van der Waals surface area (Å²) >= 11 is 1.60. The molecule has 3 aromatic carbocycles. The fourth-order valence-corrected chi connectivity index (χ4v) is 4.79. The molecule has 4 nitrogen and oxygen atoms in total. The standard InChI is InChI=1S/C25H25N3OS/c1-17-11-10-16-21(30-18-12-6-5-7-13-18)22(17)23(29)27-25(2,3)24-26-19-14-8-9-15-20(19)28(24)4/h5-16H,1-4H3,(H,27,29). The molecule has 0 aliphatic carbocycles. The molecule has 0 saturated heterocycles. The van der Waals surface area contributed by atoms with Crippen molar-refractivity contribution in [3.63, 3.8) is 0 Å². The van der Waals surface area contributed by atoms with E-state index in [4.69, 9.17) is 4.98 Å². The van der Waals surface area contributed by atoms with Crippen molar-refractivity contribution in [1.82, 2.24) is 14.9 Å². The average molecular weight is 416 g/mol. The highest BCUT2D eigenvalue weighted by Gasteiger charge is 2.30. The van der Waals surface area contributed by atoms with Gasteiger partial charge in [0.2, 0.25) is 0 Å². The lowest BCUT2D eigenvalue weighted by Gasteiger charge is -2.27. The molecule has 0 aliphatic rings. The number of benzene rings is 3. The second-order valence-electron chi connectivity index (χ2n) is 7.93. The van der Waals surface area contributed by atoms with Gasteiger partial charge in [-0.1, -0.05) is 54.2 Å². The van der Waals surface area contributed by atoms with Crippen LogP contribution in [0.4, 0.5) is 0 Å².